The van der Waals surface area contributed by atoms with Crippen molar-refractivity contribution in [3.63, 3.8) is 0 Å². The van der Waals surface area contributed by atoms with Gasteiger partial charge in [-0.15, -0.1) is 0 Å². The zero-order valence-electron chi connectivity index (χ0n) is 7.63. The van der Waals surface area contributed by atoms with Gasteiger partial charge in [0.25, 0.3) is 11.9 Å². The summed E-state index contributed by atoms with van der Waals surface area (Å²) in [5, 5.41) is 11.0. The third kappa shape index (κ3) is 3.57. The molecule has 7 heteroatoms. The van der Waals surface area contributed by atoms with E-state index in [0.717, 1.165) is 0 Å². The Bertz CT molecular complexity index is 290. The summed E-state index contributed by atoms with van der Waals surface area (Å²) in [7, 11) is 0. The molecular formula is C8H15BaN2NaO3. The van der Waals surface area contributed by atoms with Crippen molar-refractivity contribution in [2.75, 3.05) is 0 Å². The number of amidine groups is 1. The molecule has 0 aromatic heterocycles. The number of nitrogens with one attached hydrogen (secondary N) is 1. The summed E-state index contributed by atoms with van der Waals surface area (Å²) in [5.74, 6) is -1.02. The van der Waals surface area contributed by atoms with Crippen molar-refractivity contribution in [1.82, 2.24) is 5.32 Å². The van der Waals surface area contributed by atoms with Crippen molar-refractivity contribution in [2.45, 2.75) is 26.7 Å². The zero-order valence-corrected chi connectivity index (χ0v) is 7.63. The van der Waals surface area contributed by atoms with E-state index < -0.39 is 23.3 Å². The number of carbonyl (C=O) groups excluding carboxylic acids is 2. The van der Waals surface area contributed by atoms with Gasteiger partial charge in [-0.05, 0) is 12.8 Å². The average Bonchev–Trinajstić information content (AvgIpc) is 2.05. The molecule has 0 bridgehead atoms. The van der Waals surface area contributed by atoms with Gasteiger partial charge in [-0.3, -0.25) is 14.9 Å². The normalized spacial score (nSPS) is 18.1. The molecular weight excluding hydrogens is 332 g/mol. The standard InChI is InChI=1S/C8H12N2O3.Ba.Na.3H/c1-3-8(4-2)5(11)9-7(13)10-6(8)12;;;;;/h3-4H2,1-2H3,(H2,9,10,11,12,13);;;;;. The van der Waals surface area contributed by atoms with Crippen LogP contribution < -0.4 is 5.32 Å². The van der Waals surface area contributed by atoms with Crippen LogP contribution >= 0.6 is 0 Å². The van der Waals surface area contributed by atoms with Gasteiger partial charge in [0.05, 0.1) is 0 Å². The summed E-state index contributed by atoms with van der Waals surface area (Å²) in [4.78, 5) is 26.1. The zero-order chi connectivity index (χ0) is 10.1. The molecule has 0 saturated heterocycles. The van der Waals surface area contributed by atoms with Crippen LogP contribution in [0.3, 0.4) is 0 Å². The summed E-state index contributed by atoms with van der Waals surface area (Å²) >= 11 is 0. The summed E-state index contributed by atoms with van der Waals surface area (Å²) in [6.45, 7) is 3.50. The number of aliphatic imine (C=N–C) groups is 1. The predicted molar refractivity (Wildman–Crippen MR) is 61.9 cm³/mol. The first kappa shape index (κ1) is 18.5. The van der Waals surface area contributed by atoms with Crippen LogP contribution in [0.15, 0.2) is 4.99 Å². The van der Waals surface area contributed by atoms with Gasteiger partial charge < -0.3 is 5.11 Å². The SMILES string of the molecule is CCC1(CC)C(=O)N=C(O)NC1=O.[BaH2].[NaH]. The summed E-state index contributed by atoms with van der Waals surface area (Å²) in [5.41, 5.74) is -1.08. The van der Waals surface area contributed by atoms with Crippen LogP contribution in [0, 0.1) is 5.41 Å². The molecule has 0 saturated carbocycles. The second-order valence-corrected chi connectivity index (χ2v) is 2.98. The number of aliphatic hydroxyl groups excluding tert-OH is 1. The van der Waals surface area contributed by atoms with E-state index in [-0.39, 0.29) is 78.4 Å². The molecule has 0 unspecified atom stereocenters. The van der Waals surface area contributed by atoms with Crippen molar-refractivity contribution >= 4 is 96.3 Å². The molecule has 0 atom stereocenters. The molecule has 15 heavy (non-hydrogen) atoms. The number of amides is 2. The van der Waals surface area contributed by atoms with Crippen molar-refractivity contribution in [3.8, 4) is 0 Å². The Hall–Kier alpha value is 1.18. The second kappa shape index (κ2) is 7.50. The van der Waals surface area contributed by atoms with E-state index in [0.29, 0.717) is 12.8 Å². The molecule has 2 amide bonds. The molecule has 1 aliphatic rings. The summed E-state index contributed by atoms with van der Waals surface area (Å²) in [6, 6.07) is -0.604. The molecule has 1 rings (SSSR count). The van der Waals surface area contributed by atoms with Crippen LogP contribution in [-0.2, 0) is 9.59 Å². The predicted octanol–water partition coefficient (Wildman–Crippen LogP) is -1.20. The van der Waals surface area contributed by atoms with Crippen LogP contribution in [-0.4, -0.2) is 101 Å². The van der Waals surface area contributed by atoms with Gasteiger partial charge in [0.15, 0.2) is 0 Å². The van der Waals surface area contributed by atoms with E-state index >= 15 is 0 Å². The quantitative estimate of drug-likeness (QED) is 0.486. The van der Waals surface area contributed by atoms with Gasteiger partial charge in [0.2, 0.25) is 5.91 Å². The summed E-state index contributed by atoms with van der Waals surface area (Å²) < 4.78 is 0. The Morgan fingerprint density at radius 3 is 2.13 bits per heavy atom. The first-order valence-electron chi connectivity index (χ1n) is 4.20. The molecule has 0 spiro atoms. The van der Waals surface area contributed by atoms with Crippen LogP contribution in [0.2, 0.25) is 0 Å². The average molecular weight is 348 g/mol. The molecule has 0 aromatic carbocycles. The molecule has 78 valence electrons. The topological polar surface area (TPSA) is 78.8 Å². The fraction of sp³-hybridized carbons (Fsp3) is 0.625. The van der Waals surface area contributed by atoms with Gasteiger partial charge in [0, 0.05) is 0 Å². The third-order valence-corrected chi connectivity index (χ3v) is 2.48. The molecule has 5 nitrogen and oxygen atoms in total. The Kier molecular flexibility index (Phi) is 9.27. The number of hydrogen-bond donors (Lipinski definition) is 2. The Morgan fingerprint density at radius 1 is 1.33 bits per heavy atom. The van der Waals surface area contributed by atoms with Crippen molar-refractivity contribution in [2.24, 2.45) is 10.4 Å². The maximum atomic E-state index is 11.4. The summed E-state index contributed by atoms with van der Waals surface area (Å²) in [6.07, 6.45) is 0.788. The van der Waals surface area contributed by atoms with E-state index in [9.17, 15) is 9.59 Å². The van der Waals surface area contributed by atoms with Crippen LogP contribution in [0.4, 0.5) is 0 Å². The third-order valence-electron chi connectivity index (χ3n) is 2.48. The number of rotatable bonds is 2. The number of nitrogens with zero attached hydrogens (tertiary/aromatic N) is 1. The van der Waals surface area contributed by atoms with Gasteiger partial charge >= 0.3 is 78.4 Å². The minimum absolute atomic E-state index is 0. The molecule has 1 heterocycles. The number of carbonyl (C=O) groups is 2. The van der Waals surface area contributed by atoms with E-state index in [2.05, 4.69) is 10.3 Å². The van der Waals surface area contributed by atoms with Crippen LogP contribution in [0.5, 0.6) is 0 Å². The maximum absolute atomic E-state index is 11.4. The monoisotopic (exact) mass is 348 g/mol. The van der Waals surface area contributed by atoms with E-state index in [4.69, 9.17) is 5.11 Å². The fourth-order valence-electron chi connectivity index (χ4n) is 1.42. The number of aliphatic hydroxyl groups is 1. The van der Waals surface area contributed by atoms with Gasteiger partial charge in [-0.1, -0.05) is 13.8 Å². The van der Waals surface area contributed by atoms with Crippen LogP contribution in [0.1, 0.15) is 26.7 Å². The van der Waals surface area contributed by atoms with E-state index in [1.54, 1.807) is 13.8 Å². The van der Waals surface area contributed by atoms with Crippen molar-refractivity contribution < 1.29 is 14.7 Å². The van der Waals surface area contributed by atoms with E-state index in [1.165, 1.54) is 0 Å². The Balaban J connectivity index is 0. The van der Waals surface area contributed by atoms with Gasteiger partial charge in [-0.25, -0.2) is 0 Å². The molecule has 1 aliphatic heterocycles. The molecule has 0 aliphatic carbocycles. The molecule has 0 aromatic rings. The molecule has 0 fully saturated rings. The molecule has 2 N–H and O–H groups in total. The first-order chi connectivity index (χ1) is 6.06. The Morgan fingerprint density at radius 2 is 1.80 bits per heavy atom. The first-order valence-corrected chi connectivity index (χ1v) is 4.20. The van der Waals surface area contributed by atoms with Crippen molar-refractivity contribution in [1.29, 1.82) is 0 Å². The van der Waals surface area contributed by atoms with E-state index in [1.807, 2.05) is 0 Å². The Labute approximate surface area is 151 Å². The second-order valence-electron chi connectivity index (χ2n) is 2.98. The van der Waals surface area contributed by atoms with Crippen LogP contribution in [0.25, 0.3) is 0 Å². The van der Waals surface area contributed by atoms with Gasteiger partial charge in [0.1, 0.15) is 5.41 Å². The minimum atomic E-state index is -1.08. The number of hydrogen-bond acceptors (Lipinski definition) is 2. The van der Waals surface area contributed by atoms with Crippen molar-refractivity contribution in [3.05, 3.63) is 0 Å². The fourth-order valence-corrected chi connectivity index (χ4v) is 1.42. The molecule has 0 radical (unpaired) electrons. The van der Waals surface area contributed by atoms with Gasteiger partial charge in [-0.2, -0.15) is 4.99 Å².